The Balaban J connectivity index is 1.62. The second kappa shape index (κ2) is 5.76. The van der Waals surface area contributed by atoms with E-state index in [-0.39, 0.29) is 6.10 Å². The summed E-state index contributed by atoms with van der Waals surface area (Å²) in [4.78, 5) is 0. The van der Waals surface area contributed by atoms with Gasteiger partial charge in [0.1, 0.15) is 5.75 Å². The molecule has 0 spiro atoms. The standard InChI is InChI=1S/C16H18O2S/c17-16-3-1-2-13-10-14(4-5-15(13)16)18-8-6-12-7-9-19-11-12/h4-5,7,9-11,16-17H,1-3,6,8H2. The molecule has 1 heterocycles. The molecule has 100 valence electrons. The van der Waals surface area contributed by atoms with Crippen LogP contribution in [-0.2, 0) is 12.8 Å². The Morgan fingerprint density at radius 2 is 2.26 bits per heavy atom. The van der Waals surface area contributed by atoms with Gasteiger partial charge in [0.25, 0.3) is 0 Å². The Labute approximate surface area is 117 Å². The number of fused-ring (bicyclic) bond motifs is 1. The Morgan fingerprint density at radius 1 is 1.32 bits per heavy atom. The molecular formula is C16H18O2S. The third-order valence-electron chi connectivity index (χ3n) is 3.64. The molecule has 0 amide bonds. The summed E-state index contributed by atoms with van der Waals surface area (Å²) in [6.07, 6.45) is 3.65. The van der Waals surface area contributed by atoms with Crippen LogP contribution in [0.2, 0.25) is 0 Å². The highest BCUT2D eigenvalue weighted by Gasteiger charge is 2.17. The molecule has 1 aromatic heterocycles. The smallest absolute Gasteiger partial charge is 0.119 e. The molecule has 3 heteroatoms. The quantitative estimate of drug-likeness (QED) is 0.920. The van der Waals surface area contributed by atoms with Gasteiger partial charge in [0.15, 0.2) is 0 Å². The fourth-order valence-electron chi connectivity index (χ4n) is 2.58. The van der Waals surface area contributed by atoms with Gasteiger partial charge in [-0.15, -0.1) is 0 Å². The van der Waals surface area contributed by atoms with Crippen LogP contribution < -0.4 is 4.74 Å². The third-order valence-corrected chi connectivity index (χ3v) is 4.37. The van der Waals surface area contributed by atoms with E-state index in [1.807, 2.05) is 12.1 Å². The van der Waals surface area contributed by atoms with Gasteiger partial charge in [-0.3, -0.25) is 0 Å². The van der Waals surface area contributed by atoms with Crippen molar-refractivity contribution in [3.63, 3.8) is 0 Å². The van der Waals surface area contributed by atoms with Crippen molar-refractivity contribution in [2.75, 3.05) is 6.61 Å². The van der Waals surface area contributed by atoms with E-state index in [9.17, 15) is 5.11 Å². The number of benzene rings is 1. The highest BCUT2D eigenvalue weighted by molar-refractivity contribution is 7.07. The zero-order valence-electron chi connectivity index (χ0n) is 10.8. The number of hydrogen-bond acceptors (Lipinski definition) is 3. The van der Waals surface area contributed by atoms with Crippen molar-refractivity contribution < 1.29 is 9.84 Å². The van der Waals surface area contributed by atoms with Crippen LogP contribution in [-0.4, -0.2) is 11.7 Å². The van der Waals surface area contributed by atoms with Gasteiger partial charge < -0.3 is 9.84 Å². The topological polar surface area (TPSA) is 29.5 Å². The molecule has 0 saturated heterocycles. The second-order valence-electron chi connectivity index (χ2n) is 5.00. The molecule has 0 fully saturated rings. The van der Waals surface area contributed by atoms with E-state index in [0.717, 1.165) is 37.0 Å². The van der Waals surface area contributed by atoms with Crippen molar-refractivity contribution in [3.8, 4) is 5.75 Å². The van der Waals surface area contributed by atoms with Gasteiger partial charge in [-0.25, -0.2) is 0 Å². The van der Waals surface area contributed by atoms with E-state index in [0.29, 0.717) is 6.61 Å². The van der Waals surface area contributed by atoms with Gasteiger partial charge in [-0.05, 0) is 64.9 Å². The highest BCUT2D eigenvalue weighted by atomic mass is 32.1. The van der Waals surface area contributed by atoms with Crippen LogP contribution in [0.25, 0.3) is 0 Å². The van der Waals surface area contributed by atoms with E-state index < -0.39 is 0 Å². The molecule has 1 aliphatic rings. The molecule has 1 atom stereocenters. The number of aliphatic hydroxyl groups is 1. The molecule has 0 radical (unpaired) electrons. The molecule has 0 bridgehead atoms. The van der Waals surface area contributed by atoms with Crippen LogP contribution in [0, 0.1) is 0 Å². The summed E-state index contributed by atoms with van der Waals surface area (Å²) in [7, 11) is 0. The van der Waals surface area contributed by atoms with Crippen LogP contribution >= 0.6 is 11.3 Å². The van der Waals surface area contributed by atoms with Crippen molar-refractivity contribution in [2.24, 2.45) is 0 Å². The number of thiophene rings is 1. The molecular weight excluding hydrogens is 256 g/mol. The molecule has 2 nitrogen and oxygen atoms in total. The summed E-state index contributed by atoms with van der Waals surface area (Å²) in [5, 5.41) is 14.2. The molecule has 19 heavy (non-hydrogen) atoms. The Bertz CT molecular complexity index is 534. The molecule has 0 saturated carbocycles. The first-order valence-corrected chi connectivity index (χ1v) is 7.72. The molecule has 1 unspecified atom stereocenters. The van der Waals surface area contributed by atoms with Gasteiger partial charge in [0.2, 0.25) is 0 Å². The number of rotatable bonds is 4. The molecule has 1 aliphatic carbocycles. The first-order valence-electron chi connectivity index (χ1n) is 6.78. The van der Waals surface area contributed by atoms with Gasteiger partial charge in [0.05, 0.1) is 12.7 Å². The summed E-state index contributed by atoms with van der Waals surface area (Å²) < 4.78 is 5.80. The minimum absolute atomic E-state index is 0.288. The summed E-state index contributed by atoms with van der Waals surface area (Å²) in [6, 6.07) is 8.21. The minimum Gasteiger partial charge on any atom is -0.493 e. The molecule has 3 rings (SSSR count). The van der Waals surface area contributed by atoms with Gasteiger partial charge in [0, 0.05) is 6.42 Å². The Morgan fingerprint density at radius 3 is 3.11 bits per heavy atom. The lowest BCUT2D eigenvalue weighted by Crippen LogP contribution is -2.09. The van der Waals surface area contributed by atoms with Crippen LogP contribution in [0.3, 0.4) is 0 Å². The van der Waals surface area contributed by atoms with E-state index in [1.165, 1.54) is 11.1 Å². The second-order valence-corrected chi connectivity index (χ2v) is 5.78. The Hall–Kier alpha value is -1.32. The zero-order chi connectivity index (χ0) is 13.1. The fourth-order valence-corrected chi connectivity index (χ4v) is 3.28. The number of ether oxygens (including phenoxy) is 1. The molecule has 1 N–H and O–H groups in total. The Kier molecular flexibility index (Phi) is 3.85. The SMILES string of the molecule is OC1CCCc2cc(OCCc3ccsc3)ccc21. The predicted octanol–water partition coefficient (Wildman–Crippen LogP) is 3.74. The van der Waals surface area contributed by atoms with E-state index in [2.05, 4.69) is 22.9 Å². The van der Waals surface area contributed by atoms with Gasteiger partial charge >= 0.3 is 0 Å². The average molecular weight is 274 g/mol. The molecule has 1 aromatic carbocycles. The largest absolute Gasteiger partial charge is 0.493 e. The van der Waals surface area contributed by atoms with Crippen LogP contribution in [0.15, 0.2) is 35.0 Å². The van der Waals surface area contributed by atoms with Crippen molar-refractivity contribution in [2.45, 2.75) is 31.8 Å². The first-order chi connectivity index (χ1) is 9.33. The normalized spacial score (nSPS) is 18.1. The maximum absolute atomic E-state index is 9.91. The maximum Gasteiger partial charge on any atom is 0.119 e. The van der Waals surface area contributed by atoms with Crippen LogP contribution in [0.4, 0.5) is 0 Å². The molecule has 0 aliphatic heterocycles. The summed E-state index contributed by atoms with van der Waals surface area (Å²) in [5.41, 5.74) is 3.65. The lowest BCUT2D eigenvalue weighted by Gasteiger charge is -2.21. The lowest BCUT2D eigenvalue weighted by atomic mass is 9.89. The van der Waals surface area contributed by atoms with Crippen LogP contribution in [0.1, 0.15) is 35.6 Å². The number of hydrogen-bond donors (Lipinski definition) is 1. The number of aliphatic hydroxyl groups excluding tert-OH is 1. The zero-order valence-corrected chi connectivity index (χ0v) is 11.7. The fraction of sp³-hybridized carbons (Fsp3) is 0.375. The first kappa shape index (κ1) is 12.7. The summed E-state index contributed by atoms with van der Waals surface area (Å²) in [5.74, 6) is 0.920. The number of aryl methyl sites for hydroxylation is 1. The van der Waals surface area contributed by atoms with Crippen molar-refractivity contribution in [3.05, 3.63) is 51.7 Å². The summed E-state index contributed by atoms with van der Waals surface area (Å²) >= 11 is 1.72. The van der Waals surface area contributed by atoms with Gasteiger partial charge in [-0.1, -0.05) is 6.07 Å². The van der Waals surface area contributed by atoms with Crippen molar-refractivity contribution >= 4 is 11.3 Å². The van der Waals surface area contributed by atoms with E-state index in [1.54, 1.807) is 11.3 Å². The predicted molar refractivity (Wildman–Crippen MR) is 77.9 cm³/mol. The van der Waals surface area contributed by atoms with Crippen molar-refractivity contribution in [1.29, 1.82) is 0 Å². The minimum atomic E-state index is -0.288. The third kappa shape index (κ3) is 2.99. The average Bonchev–Trinajstić information content (AvgIpc) is 2.92. The van der Waals surface area contributed by atoms with E-state index >= 15 is 0 Å². The van der Waals surface area contributed by atoms with E-state index in [4.69, 9.17) is 4.74 Å². The molecule has 2 aromatic rings. The monoisotopic (exact) mass is 274 g/mol. The van der Waals surface area contributed by atoms with Crippen LogP contribution in [0.5, 0.6) is 5.75 Å². The lowest BCUT2D eigenvalue weighted by molar-refractivity contribution is 0.156. The van der Waals surface area contributed by atoms with Crippen molar-refractivity contribution in [1.82, 2.24) is 0 Å². The van der Waals surface area contributed by atoms with Gasteiger partial charge in [-0.2, -0.15) is 11.3 Å². The highest BCUT2D eigenvalue weighted by Crippen LogP contribution is 2.31. The maximum atomic E-state index is 9.91. The summed E-state index contributed by atoms with van der Waals surface area (Å²) in [6.45, 7) is 0.706.